The summed E-state index contributed by atoms with van der Waals surface area (Å²) >= 11 is 0. The predicted molar refractivity (Wildman–Crippen MR) is 74.4 cm³/mol. The molecule has 0 bridgehead atoms. The molecular weight excluding hydrogens is 224 g/mol. The highest BCUT2D eigenvalue weighted by Crippen LogP contribution is 2.40. The summed E-state index contributed by atoms with van der Waals surface area (Å²) in [7, 11) is 0. The molecule has 0 saturated heterocycles. The van der Waals surface area contributed by atoms with Crippen molar-refractivity contribution < 1.29 is 4.79 Å². The van der Waals surface area contributed by atoms with Gasteiger partial charge in [-0.1, -0.05) is 25.7 Å². The molecule has 0 aromatic heterocycles. The standard InChI is InChI=1S/C15H28N2O/c1-11(2)17-15(18)10-16-14-8-7-12-5-3-4-6-13(12)9-14/h11-14,16H,3-10H2,1-2H3,(H,17,18). The van der Waals surface area contributed by atoms with Gasteiger partial charge < -0.3 is 10.6 Å². The first-order chi connectivity index (χ1) is 8.65. The number of amides is 1. The number of hydrogen-bond donors (Lipinski definition) is 2. The minimum atomic E-state index is 0.135. The monoisotopic (exact) mass is 252 g/mol. The van der Waals surface area contributed by atoms with E-state index in [0.29, 0.717) is 12.6 Å². The predicted octanol–water partition coefficient (Wildman–Crippen LogP) is 2.46. The summed E-state index contributed by atoms with van der Waals surface area (Å²) in [5.74, 6) is 2.05. The lowest BCUT2D eigenvalue weighted by Crippen LogP contribution is -2.44. The molecule has 0 radical (unpaired) electrons. The van der Waals surface area contributed by atoms with Crippen LogP contribution in [0, 0.1) is 11.8 Å². The van der Waals surface area contributed by atoms with Crippen LogP contribution in [-0.4, -0.2) is 24.5 Å². The molecule has 0 aromatic rings. The molecule has 0 aromatic carbocycles. The van der Waals surface area contributed by atoms with Crippen molar-refractivity contribution in [1.82, 2.24) is 10.6 Å². The van der Waals surface area contributed by atoms with E-state index in [2.05, 4.69) is 10.6 Å². The summed E-state index contributed by atoms with van der Waals surface area (Å²) in [5.41, 5.74) is 0. The fourth-order valence-electron chi connectivity index (χ4n) is 3.67. The molecule has 0 heterocycles. The summed E-state index contributed by atoms with van der Waals surface area (Å²) < 4.78 is 0. The van der Waals surface area contributed by atoms with Crippen LogP contribution in [0.3, 0.4) is 0 Å². The molecule has 0 spiro atoms. The quantitative estimate of drug-likeness (QED) is 0.807. The summed E-state index contributed by atoms with van der Waals surface area (Å²) in [4.78, 5) is 11.6. The van der Waals surface area contributed by atoms with Gasteiger partial charge in [0.2, 0.25) is 5.91 Å². The van der Waals surface area contributed by atoms with Crippen molar-refractivity contribution in [1.29, 1.82) is 0 Å². The molecule has 2 N–H and O–H groups in total. The van der Waals surface area contributed by atoms with Crippen LogP contribution in [0.5, 0.6) is 0 Å². The van der Waals surface area contributed by atoms with Gasteiger partial charge in [0.05, 0.1) is 6.54 Å². The van der Waals surface area contributed by atoms with Crippen molar-refractivity contribution in [2.24, 2.45) is 11.8 Å². The Morgan fingerprint density at radius 3 is 2.56 bits per heavy atom. The smallest absolute Gasteiger partial charge is 0.234 e. The van der Waals surface area contributed by atoms with Gasteiger partial charge in [0, 0.05) is 12.1 Å². The van der Waals surface area contributed by atoms with Crippen molar-refractivity contribution in [3.8, 4) is 0 Å². The van der Waals surface area contributed by atoms with Gasteiger partial charge in [-0.15, -0.1) is 0 Å². The first-order valence-corrected chi connectivity index (χ1v) is 7.68. The third kappa shape index (κ3) is 3.98. The van der Waals surface area contributed by atoms with Crippen molar-refractivity contribution in [2.45, 2.75) is 70.9 Å². The van der Waals surface area contributed by atoms with Crippen LogP contribution in [0.25, 0.3) is 0 Å². The molecule has 0 aliphatic heterocycles. The number of carbonyl (C=O) groups is 1. The average Bonchev–Trinajstić information content (AvgIpc) is 2.35. The summed E-state index contributed by atoms with van der Waals surface area (Å²) in [5, 5.41) is 6.38. The highest BCUT2D eigenvalue weighted by Gasteiger charge is 2.31. The Morgan fingerprint density at radius 1 is 1.11 bits per heavy atom. The molecule has 2 rings (SSSR count). The minimum absolute atomic E-state index is 0.135. The molecule has 1 amide bonds. The van der Waals surface area contributed by atoms with E-state index in [-0.39, 0.29) is 11.9 Å². The highest BCUT2D eigenvalue weighted by molar-refractivity contribution is 5.78. The zero-order chi connectivity index (χ0) is 13.0. The van der Waals surface area contributed by atoms with E-state index in [4.69, 9.17) is 0 Å². The van der Waals surface area contributed by atoms with E-state index in [9.17, 15) is 4.79 Å². The van der Waals surface area contributed by atoms with Gasteiger partial charge in [-0.05, 0) is 44.9 Å². The number of hydrogen-bond acceptors (Lipinski definition) is 2. The second kappa shape index (κ2) is 6.55. The Labute approximate surface area is 111 Å². The topological polar surface area (TPSA) is 41.1 Å². The number of carbonyl (C=O) groups excluding carboxylic acids is 1. The van der Waals surface area contributed by atoms with E-state index < -0.39 is 0 Å². The van der Waals surface area contributed by atoms with Crippen LogP contribution < -0.4 is 10.6 Å². The van der Waals surface area contributed by atoms with Crippen LogP contribution in [0.15, 0.2) is 0 Å². The van der Waals surface area contributed by atoms with Crippen molar-refractivity contribution in [3.05, 3.63) is 0 Å². The summed E-state index contributed by atoms with van der Waals surface area (Å²) in [6.07, 6.45) is 9.65. The lowest BCUT2D eigenvalue weighted by molar-refractivity contribution is -0.120. The van der Waals surface area contributed by atoms with Gasteiger partial charge in [0.1, 0.15) is 0 Å². The second-order valence-electron chi connectivity index (χ2n) is 6.42. The highest BCUT2D eigenvalue weighted by atomic mass is 16.1. The van der Waals surface area contributed by atoms with Crippen molar-refractivity contribution >= 4 is 5.91 Å². The third-order valence-electron chi connectivity index (χ3n) is 4.54. The van der Waals surface area contributed by atoms with Gasteiger partial charge in [-0.25, -0.2) is 0 Å². The Morgan fingerprint density at radius 2 is 1.83 bits per heavy atom. The molecule has 2 fully saturated rings. The van der Waals surface area contributed by atoms with Crippen LogP contribution >= 0.6 is 0 Å². The minimum Gasteiger partial charge on any atom is -0.353 e. The van der Waals surface area contributed by atoms with Gasteiger partial charge in [-0.2, -0.15) is 0 Å². The SMILES string of the molecule is CC(C)NC(=O)CNC1CCC2CCCCC2C1. The van der Waals surface area contributed by atoms with Crippen molar-refractivity contribution in [3.63, 3.8) is 0 Å². The molecule has 2 saturated carbocycles. The summed E-state index contributed by atoms with van der Waals surface area (Å²) in [6, 6.07) is 0.815. The molecule has 3 heteroatoms. The zero-order valence-corrected chi connectivity index (χ0v) is 11.9. The van der Waals surface area contributed by atoms with E-state index >= 15 is 0 Å². The number of rotatable bonds is 4. The van der Waals surface area contributed by atoms with Gasteiger partial charge >= 0.3 is 0 Å². The van der Waals surface area contributed by atoms with Gasteiger partial charge in [-0.3, -0.25) is 4.79 Å². The molecule has 104 valence electrons. The largest absolute Gasteiger partial charge is 0.353 e. The summed E-state index contributed by atoms with van der Waals surface area (Å²) in [6.45, 7) is 4.50. The van der Waals surface area contributed by atoms with E-state index in [1.54, 1.807) is 0 Å². The van der Waals surface area contributed by atoms with E-state index in [1.165, 1.54) is 44.9 Å². The fraction of sp³-hybridized carbons (Fsp3) is 0.933. The molecule has 2 aliphatic rings. The van der Waals surface area contributed by atoms with Crippen LogP contribution in [0.1, 0.15) is 58.8 Å². The third-order valence-corrected chi connectivity index (χ3v) is 4.54. The molecule has 18 heavy (non-hydrogen) atoms. The lowest BCUT2D eigenvalue weighted by Gasteiger charge is -2.39. The Bertz CT molecular complexity index is 278. The maximum absolute atomic E-state index is 11.6. The maximum Gasteiger partial charge on any atom is 0.234 e. The zero-order valence-electron chi connectivity index (χ0n) is 11.9. The maximum atomic E-state index is 11.6. The Hall–Kier alpha value is -0.570. The average molecular weight is 252 g/mol. The number of nitrogens with one attached hydrogen (secondary N) is 2. The molecule has 3 unspecified atom stereocenters. The lowest BCUT2D eigenvalue weighted by atomic mass is 9.69. The molecule has 3 atom stereocenters. The number of fused-ring (bicyclic) bond motifs is 1. The normalized spacial score (nSPS) is 32.1. The van der Waals surface area contributed by atoms with Crippen LogP contribution in [0.2, 0.25) is 0 Å². The Kier molecular flexibility index (Phi) is 5.04. The molecule has 2 aliphatic carbocycles. The van der Waals surface area contributed by atoms with Gasteiger partial charge in [0.15, 0.2) is 0 Å². The molecule has 3 nitrogen and oxygen atoms in total. The first kappa shape index (κ1) is 13.9. The van der Waals surface area contributed by atoms with Crippen molar-refractivity contribution in [2.75, 3.05) is 6.54 Å². The van der Waals surface area contributed by atoms with E-state index in [1.807, 2.05) is 13.8 Å². The van der Waals surface area contributed by atoms with E-state index in [0.717, 1.165) is 11.8 Å². The first-order valence-electron chi connectivity index (χ1n) is 7.68. The Balaban J connectivity index is 1.69. The van der Waals surface area contributed by atoms with Gasteiger partial charge in [0.25, 0.3) is 0 Å². The molecular formula is C15H28N2O. The second-order valence-corrected chi connectivity index (χ2v) is 6.42. The van der Waals surface area contributed by atoms with Crippen LogP contribution in [0.4, 0.5) is 0 Å². The fourth-order valence-corrected chi connectivity index (χ4v) is 3.67. The van der Waals surface area contributed by atoms with Crippen LogP contribution in [-0.2, 0) is 4.79 Å².